The van der Waals surface area contributed by atoms with E-state index in [-0.39, 0.29) is 0 Å². The quantitative estimate of drug-likeness (QED) is 0.693. The minimum Gasteiger partial charge on any atom is -0.382 e. The van der Waals surface area contributed by atoms with E-state index in [4.69, 9.17) is 10.00 Å². The zero-order chi connectivity index (χ0) is 12.8. The van der Waals surface area contributed by atoms with Crippen molar-refractivity contribution in [3.05, 3.63) is 11.4 Å². The first-order chi connectivity index (χ1) is 8.86. The van der Waals surface area contributed by atoms with Crippen molar-refractivity contribution >= 4 is 0 Å². The second-order valence-electron chi connectivity index (χ2n) is 4.66. The molecule has 0 saturated heterocycles. The van der Waals surface area contributed by atoms with Crippen LogP contribution in [0.2, 0.25) is 0 Å². The summed E-state index contributed by atoms with van der Waals surface area (Å²) in [5, 5.41) is 17.2. The highest BCUT2D eigenvalue weighted by Gasteiger charge is 2.27. The number of rotatable bonds is 7. The summed E-state index contributed by atoms with van der Waals surface area (Å²) in [6.45, 7) is 4.35. The predicted octanol–water partition coefficient (Wildman–Crippen LogP) is 2.04. The van der Waals surface area contributed by atoms with E-state index < -0.39 is 0 Å². The number of ether oxygens (including phenoxy) is 1. The Hall–Kier alpha value is -1.41. The van der Waals surface area contributed by atoms with Gasteiger partial charge in [-0.2, -0.15) is 5.26 Å². The van der Waals surface area contributed by atoms with Crippen molar-refractivity contribution in [2.45, 2.75) is 51.5 Å². The van der Waals surface area contributed by atoms with Crippen LogP contribution in [0, 0.1) is 11.3 Å². The lowest BCUT2D eigenvalue weighted by Crippen LogP contribution is -2.17. The van der Waals surface area contributed by atoms with Gasteiger partial charge in [0.15, 0.2) is 0 Å². The predicted molar refractivity (Wildman–Crippen MR) is 67.0 cm³/mol. The first kappa shape index (κ1) is 13.0. The monoisotopic (exact) mass is 248 g/mol. The van der Waals surface area contributed by atoms with Crippen LogP contribution in [0.25, 0.3) is 0 Å². The van der Waals surface area contributed by atoms with E-state index in [0.29, 0.717) is 12.3 Å². The maximum absolute atomic E-state index is 8.82. The molecule has 1 aliphatic carbocycles. The van der Waals surface area contributed by atoms with E-state index in [1.807, 2.05) is 11.6 Å². The second kappa shape index (κ2) is 6.50. The maximum Gasteiger partial charge on any atom is 0.100 e. The van der Waals surface area contributed by atoms with Crippen LogP contribution < -0.4 is 0 Å². The third kappa shape index (κ3) is 2.88. The zero-order valence-corrected chi connectivity index (χ0v) is 10.9. The van der Waals surface area contributed by atoms with Gasteiger partial charge in [0.25, 0.3) is 0 Å². The van der Waals surface area contributed by atoms with Crippen LogP contribution in [0.4, 0.5) is 0 Å². The summed E-state index contributed by atoms with van der Waals surface area (Å²) in [6.07, 6.45) is 5.01. The molecule has 1 aliphatic rings. The third-order valence-electron chi connectivity index (χ3n) is 3.45. The van der Waals surface area contributed by atoms with Crippen molar-refractivity contribution in [2.24, 2.45) is 0 Å². The highest BCUT2D eigenvalue weighted by Crippen LogP contribution is 2.37. The highest BCUT2D eigenvalue weighted by atomic mass is 16.5. The van der Waals surface area contributed by atoms with E-state index in [0.717, 1.165) is 31.9 Å². The summed E-state index contributed by atoms with van der Waals surface area (Å²) in [5.74, 6) is 0.565. The van der Waals surface area contributed by atoms with Crippen LogP contribution >= 0.6 is 0 Å². The largest absolute Gasteiger partial charge is 0.382 e. The smallest absolute Gasteiger partial charge is 0.100 e. The van der Waals surface area contributed by atoms with E-state index in [1.54, 1.807) is 0 Å². The molecule has 1 heterocycles. The van der Waals surface area contributed by atoms with Gasteiger partial charge < -0.3 is 4.74 Å². The Morgan fingerprint density at radius 2 is 2.33 bits per heavy atom. The summed E-state index contributed by atoms with van der Waals surface area (Å²) in [4.78, 5) is 0. The lowest BCUT2D eigenvalue weighted by Gasteiger charge is -2.26. The Balaban J connectivity index is 2.02. The fourth-order valence-corrected chi connectivity index (χ4v) is 2.31. The molecule has 0 amide bonds. The van der Waals surface area contributed by atoms with Gasteiger partial charge in [0.05, 0.1) is 18.2 Å². The minimum absolute atomic E-state index is 0.372. The number of nitriles is 1. The molecule has 0 unspecified atom stereocenters. The van der Waals surface area contributed by atoms with Gasteiger partial charge in [0.2, 0.25) is 0 Å². The molecule has 0 N–H and O–H groups in total. The molecule has 1 aromatic heterocycles. The summed E-state index contributed by atoms with van der Waals surface area (Å²) in [5.41, 5.74) is 2.07. The standard InChI is InChI=1S/C13H20N4O/c1-2-18-10-4-9-17-13(11-5-3-6-11)12(7-8-14)15-16-17/h11H,2-7,9-10H2,1H3. The molecule has 5 nitrogen and oxygen atoms in total. The van der Waals surface area contributed by atoms with Crippen LogP contribution in [0.5, 0.6) is 0 Å². The number of nitrogens with zero attached hydrogens (tertiary/aromatic N) is 4. The third-order valence-corrected chi connectivity index (χ3v) is 3.45. The lowest BCUT2D eigenvalue weighted by molar-refractivity contribution is 0.140. The van der Waals surface area contributed by atoms with Gasteiger partial charge in [-0.05, 0) is 26.2 Å². The van der Waals surface area contributed by atoms with Gasteiger partial charge in [0.1, 0.15) is 5.69 Å². The first-order valence-corrected chi connectivity index (χ1v) is 6.73. The van der Waals surface area contributed by atoms with Crippen molar-refractivity contribution in [1.29, 1.82) is 5.26 Å². The van der Waals surface area contributed by atoms with E-state index in [9.17, 15) is 0 Å². The Bertz CT molecular complexity index is 417. The van der Waals surface area contributed by atoms with Crippen molar-refractivity contribution in [3.63, 3.8) is 0 Å². The average molecular weight is 248 g/mol. The summed E-state index contributed by atoms with van der Waals surface area (Å²) in [7, 11) is 0. The topological polar surface area (TPSA) is 63.7 Å². The fraction of sp³-hybridized carbons (Fsp3) is 0.769. The molecule has 0 bridgehead atoms. The molecule has 1 fully saturated rings. The summed E-state index contributed by atoms with van der Waals surface area (Å²) in [6, 6.07) is 2.18. The molecule has 0 radical (unpaired) electrons. The van der Waals surface area contributed by atoms with Gasteiger partial charge in [-0.15, -0.1) is 5.10 Å². The minimum atomic E-state index is 0.372. The van der Waals surface area contributed by atoms with Crippen LogP contribution in [-0.4, -0.2) is 28.2 Å². The molecule has 98 valence electrons. The molecule has 5 heteroatoms. The second-order valence-corrected chi connectivity index (χ2v) is 4.66. The molecule has 0 aliphatic heterocycles. The lowest BCUT2D eigenvalue weighted by atomic mass is 9.81. The molecule has 2 rings (SSSR count). The molecule has 1 saturated carbocycles. The maximum atomic E-state index is 8.82. The molecule has 0 spiro atoms. The first-order valence-electron chi connectivity index (χ1n) is 6.73. The van der Waals surface area contributed by atoms with E-state index >= 15 is 0 Å². The Kier molecular flexibility index (Phi) is 4.71. The normalized spacial score (nSPS) is 15.3. The molecule has 0 aromatic carbocycles. The Morgan fingerprint density at radius 3 is 2.94 bits per heavy atom. The molecule has 1 aromatic rings. The SMILES string of the molecule is CCOCCCn1nnc(CC#N)c1C1CCC1. The van der Waals surface area contributed by atoms with Gasteiger partial charge in [-0.25, -0.2) is 4.68 Å². The zero-order valence-electron chi connectivity index (χ0n) is 10.9. The van der Waals surface area contributed by atoms with Crippen LogP contribution in [0.1, 0.15) is 49.9 Å². The summed E-state index contributed by atoms with van der Waals surface area (Å²) >= 11 is 0. The van der Waals surface area contributed by atoms with Crippen LogP contribution in [0.15, 0.2) is 0 Å². The van der Waals surface area contributed by atoms with Gasteiger partial charge in [-0.3, -0.25) is 0 Å². The van der Waals surface area contributed by atoms with Gasteiger partial charge in [-0.1, -0.05) is 11.6 Å². The van der Waals surface area contributed by atoms with Crippen molar-refractivity contribution in [1.82, 2.24) is 15.0 Å². The van der Waals surface area contributed by atoms with Crippen molar-refractivity contribution in [2.75, 3.05) is 13.2 Å². The fourth-order valence-electron chi connectivity index (χ4n) is 2.31. The summed E-state index contributed by atoms with van der Waals surface area (Å²) < 4.78 is 7.32. The van der Waals surface area contributed by atoms with Gasteiger partial charge in [0, 0.05) is 25.7 Å². The van der Waals surface area contributed by atoms with E-state index in [2.05, 4.69) is 16.4 Å². The average Bonchev–Trinajstić information content (AvgIpc) is 2.67. The van der Waals surface area contributed by atoms with Crippen LogP contribution in [0.3, 0.4) is 0 Å². The molecule has 18 heavy (non-hydrogen) atoms. The number of hydrogen-bond donors (Lipinski definition) is 0. The van der Waals surface area contributed by atoms with Crippen LogP contribution in [-0.2, 0) is 17.7 Å². The molecular formula is C13H20N4O. The van der Waals surface area contributed by atoms with Crippen molar-refractivity contribution in [3.8, 4) is 6.07 Å². The molecular weight excluding hydrogens is 228 g/mol. The number of aromatic nitrogens is 3. The number of aryl methyl sites for hydroxylation is 1. The van der Waals surface area contributed by atoms with E-state index in [1.165, 1.54) is 25.0 Å². The Labute approximate surface area is 108 Å². The highest BCUT2D eigenvalue weighted by molar-refractivity contribution is 5.20. The van der Waals surface area contributed by atoms with Gasteiger partial charge >= 0.3 is 0 Å². The molecule has 0 atom stereocenters. The number of hydrogen-bond acceptors (Lipinski definition) is 4. The van der Waals surface area contributed by atoms with Crippen molar-refractivity contribution < 1.29 is 4.74 Å². The Morgan fingerprint density at radius 1 is 1.50 bits per heavy atom.